The van der Waals surface area contributed by atoms with Gasteiger partial charge in [-0.25, -0.2) is 0 Å². The summed E-state index contributed by atoms with van der Waals surface area (Å²) in [5.41, 5.74) is 3.64. The molecular weight excluding hydrogens is 280 g/mol. The van der Waals surface area contributed by atoms with E-state index >= 15 is 0 Å². The summed E-state index contributed by atoms with van der Waals surface area (Å²) >= 11 is 3.60. The van der Waals surface area contributed by atoms with Gasteiger partial charge in [-0.15, -0.1) is 0 Å². The standard InChI is InChI=1S/C14H21BrO2/c1-9(2)12-8-13(15)10(3)11(6-5-7-16)14(12)17-4/h8-9,16H,5-7H2,1-4H3. The van der Waals surface area contributed by atoms with Crippen molar-refractivity contribution < 1.29 is 9.84 Å². The molecule has 96 valence electrons. The molecule has 1 N–H and O–H groups in total. The molecule has 0 saturated heterocycles. The highest BCUT2D eigenvalue weighted by Crippen LogP contribution is 2.37. The Kier molecular flexibility index (Phi) is 5.47. The molecule has 0 unspecified atom stereocenters. The molecule has 0 saturated carbocycles. The molecule has 1 aromatic carbocycles. The van der Waals surface area contributed by atoms with Crippen molar-refractivity contribution in [1.82, 2.24) is 0 Å². The Morgan fingerprint density at radius 1 is 1.41 bits per heavy atom. The molecular formula is C14H21BrO2. The molecule has 17 heavy (non-hydrogen) atoms. The molecule has 0 fully saturated rings. The first-order valence-corrected chi connectivity index (χ1v) is 6.78. The molecule has 1 rings (SSSR count). The highest BCUT2D eigenvalue weighted by molar-refractivity contribution is 9.10. The average molecular weight is 301 g/mol. The van der Waals surface area contributed by atoms with Gasteiger partial charge in [0, 0.05) is 11.1 Å². The van der Waals surface area contributed by atoms with Crippen molar-refractivity contribution in [2.75, 3.05) is 13.7 Å². The van der Waals surface area contributed by atoms with E-state index in [1.165, 1.54) is 16.7 Å². The van der Waals surface area contributed by atoms with Crippen LogP contribution in [0.15, 0.2) is 10.5 Å². The number of rotatable bonds is 5. The number of benzene rings is 1. The molecule has 0 aliphatic heterocycles. The summed E-state index contributed by atoms with van der Waals surface area (Å²) in [6.07, 6.45) is 1.62. The van der Waals surface area contributed by atoms with Crippen LogP contribution < -0.4 is 4.74 Å². The normalized spacial score (nSPS) is 11.0. The van der Waals surface area contributed by atoms with Crippen LogP contribution >= 0.6 is 15.9 Å². The molecule has 3 heteroatoms. The minimum absolute atomic E-state index is 0.214. The molecule has 0 heterocycles. The Morgan fingerprint density at radius 3 is 2.53 bits per heavy atom. The smallest absolute Gasteiger partial charge is 0.125 e. The number of halogens is 1. The summed E-state index contributed by atoms with van der Waals surface area (Å²) in [5, 5.41) is 8.98. The maximum atomic E-state index is 8.98. The van der Waals surface area contributed by atoms with Crippen LogP contribution in [0.5, 0.6) is 5.75 Å². The van der Waals surface area contributed by atoms with Crippen molar-refractivity contribution in [3.05, 3.63) is 27.2 Å². The lowest BCUT2D eigenvalue weighted by Crippen LogP contribution is -2.03. The minimum Gasteiger partial charge on any atom is -0.496 e. The van der Waals surface area contributed by atoms with E-state index in [4.69, 9.17) is 9.84 Å². The second kappa shape index (κ2) is 6.41. The Bertz CT molecular complexity index is 386. The van der Waals surface area contributed by atoms with Gasteiger partial charge in [0.25, 0.3) is 0 Å². The number of hydrogen-bond acceptors (Lipinski definition) is 2. The second-order valence-electron chi connectivity index (χ2n) is 4.57. The van der Waals surface area contributed by atoms with Crippen LogP contribution in [0.4, 0.5) is 0 Å². The summed E-state index contributed by atoms with van der Waals surface area (Å²) < 4.78 is 6.69. The van der Waals surface area contributed by atoms with Gasteiger partial charge in [-0.3, -0.25) is 0 Å². The first-order valence-electron chi connectivity index (χ1n) is 5.99. The largest absolute Gasteiger partial charge is 0.496 e. The number of hydrogen-bond donors (Lipinski definition) is 1. The van der Waals surface area contributed by atoms with Crippen LogP contribution in [-0.4, -0.2) is 18.8 Å². The molecule has 0 aliphatic rings. The van der Waals surface area contributed by atoms with Gasteiger partial charge >= 0.3 is 0 Å². The molecule has 0 atom stereocenters. The topological polar surface area (TPSA) is 29.5 Å². The van der Waals surface area contributed by atoms with Gasteiger partial charge in [0.05, 0.1) is 7.11 Å². The van der Waals surface area contributed by atoms with Crippen molar-refractivity contribution in [2.24, 2.45) is 0 Å². The lowest BCUT2D eigenvalue weighted by atomic mass is 9.94. The van der Waals surface area contributed by atoms with Gasteiger partial charge in [-0.05, 0) is 48.4 Å². The lowest BCUT2D eigenvalue weighted by Gasteiger charge is -2.19. The number of aliphatic hydroxyl groups excluding tert-OH is 1. The molecule has 2 nitrogen and oxygen atoms in total. The van der Waals surface area contributed by atoms with E-state index in [9.17, 15) is 0 Å². The van der Waals surface area contributed by atoms with Crippen LogP contribution in [0.2, 0.25) is 0 Å². The lowest BCUT2D eigenvalue weighted by molar-refractivity contribution is 0.287. The van der Waals surface area contributed by atoms with Crippen LogP contribution in [-0.2, 0) is 6.42 Å². The van der Waals surface area contributed by atoms with Crippen molar-refractivity contribution in [1.29, 1.82) is 0 Å². The SMILES string of the molecule is COc1c(C(C)C)cc(Br)c(C)c1CCCO. The summed E-state index contributed by atoms with van der Waals surface area (Å²) in [4.78, 5) is 0. The summed E-state index contributed by atoms with van der Waals surface area (Å²) in [6, 6.07) is 2.14. The van der Waals surface area contributed by atoms with Gasteiger partial charge in [0.15, 0.2) is 0 Å². The molecule has 0 radical (unpaired) electrons. The van der Waals surface area contributed by atoms with E-state index in [2.05, 4.69) is 42.8 Å². The Balaban J connectivity index is 3.31. The zero-order chi connectivity index (χ0) is 13.0. The van der Waals surface area contributed by atoms with Crippen molar-refractivity contribution in [2.45, 2.75) is 39.5 Å². The first-order chi connectivity index (χ1) is 8.02. The fourth-order valence-corrected chi connectivity index (χ4v) is 2.51. The van der Waals surface area contributed by atoms with E-state index in [0.29, 0.717) is 5.92 Å². The number of methoxy groups -OCH3 is 1. The van der Waals surface area contributed by atoms with Crippen molar-refractivity contribution in [3.63, 3.8) is 0 Å². The third-order valence-electron chi connectivity index (χ3n) is 3.04. The molecule has 1 aromatic rings. The average Bonchev–Trinajstić information content (AvgIpc) is 2.30. The molecule has 0 spiro atoms. The van der Waals surface area contributed by atoms with Gasteiger partial charge < -0.3 is 9.84 Å². The predicted octanol–water partition coefficient (Wildman–Crippen LogP) is 3.81. The fourth-order valence-electron chi connectivity index (χ4n) is 2.03. The quantitative estimate of drug-likeness (QED) is 0.896. The third kappa shape index (κ3) is 3.23. The maximum absolute atomic E-state index is 8.98. The van der Waals surface area contributed by atoms with E-state index in [1.54, 1.807) is 7.11 Å². The van der Waals surface area contributed by atoms with Crippen molar-refractivity contribution in [3.8, 4) is 5.75 Å². The fraction of sp³-hybridized carbons (Fsp3) is 0.571. The summed E-state index contributed by atoms with van der Waals surface area (Å²) in [7, 11) is 1.72. The third-order valence-corrected chi connectivity index (χ3v) is 3.86. The van der Waals surface area contributed by atoms with Gasteiger partial charge in [-0.2, -0.15) is 0 Å². The Morgan fingerprint density at radius 2 is 2.06 bits per heavy atom. The Labute approximate surface area is 112 Å². The van der Waals surface area contributed by atoms with E-state index in [-0.39, 0.29) is 6.61 Å². The zero-order valence-corrected chi connectivity index (χ0v) is 12.6. The zero-order valence-electron chi connectivity index (χ0n) is 11.0. The van der Waals surface area contributed by atoms with E-state index < -0.39 is 0 Å². The Hall–Kier alpha value is -0.540. The highest BCUT2D eigenvalue weighted by atomic mass is 79.9. The monoisotopic (exact) mass is 300 g/mol. The maximum Gasteiger partial charge on any atom is 0.125 e. The van der Waals surface area contributed by atoms with Gasteiger partial charge in [0.2, 0.25) is 0 Å². The minimum atomic E-state index is 0.214. The highest BCUT2D eigenvalue weighted by Gasteiger charge is 2.16. The molecule has 0 aliphatic carbocycles. The molecule has 0 aromatic heterocycles. The van der Waals surface area contributed by atoms with Crippen LogP contribution in [0.1, 0.15) is 42.9 Å². The van der Waals surface area contributed by atoms with Gasteiger partial charge in [0.1, 0.15) is 5.75 Å². The van der Waals surface area contributed by atoms with Crippen LogP contribution in [0.3, 0.4) is 0 Å². The number of aliphatic hydroxyl groups is 1. The van der Waals surface area contributed by atoms with Crippen LogP contribution in [0.25, 0.3) is 0 Å². The van der Waals surface area contributed by atoms with Crippen molar-refractivity contribution >= 4 is 15.9 Å². The van der Waals surface area contributed by atoms with Crippen LogP contribution in [0, 0.1) is 6.92 Å². The molecule has 0 amide bonds. The second-order valence-corrected chi connectivity index (χ2v) is 5.42. The predicted molar refractivity (Wildman–Crippen MR) is 74.9 cm³/mol. The number of ether oxygens (including phenoxy) is 1. The summed E-state index contributed by atoms with van der Waals surface area (Å²) in [6.45, 7) is 6.63. The van der Waals surface area contributed by atoms with Gasteiger partial charge in [-0.1, -0.05) is 29.8 Å². The molecule has 0 bridgehead atoms. The van der Waals surface area contributed by atoms with E-state index in [0.717, 1.165) is 23.1 Å². The first kappa shape index (κ1) is 14.5. The van der Waals surface area contributed by atoms with E-state index in [1.807, 2.05) is 0 Å². The summed E-state index contributed by atoms with van der Waals surface area (Å²) in [5.74, 6) is 1.41.